The van der Waals surface area contributed by atoms with Gasteiger partial charge in [0.15, 0.2) is 0 Å². The van der Waals surface area contributed by atoms with Gasteiger partial charge >= 0.3 is 0 Å². The Balaban J connectivity index is 3.19. The molecule has 0 aliphatic rings. The van der Waals surface area contributed by atoms with Gasteiger partial charge in [-0.2, -0.15) is 0 Å². The molecule has 0 saturated heterocycles. The number of aliphatic hydroxyl groups excluding tert-OH is 1. The summed E-state index contributed by atoms with van der Waals surface area (Å²) in [6, 6.07) is 3.34. The van der Waals surface area contributed by atoms with Gasteiger partial charge in [0.05, 0.1) is 11.0 Å². The number of hydrogen-bond acceptors (Lipinski definition) is 4. The zero-order valence-electron chi connectivity index (χ0n) is 10.2. The minimum atomic E-state index is -3.63. The maximum absolute atomic E-state index is 12.1. The molecule has 1 rings (SSSR count). The van der Waals surface area contributed by atoms with Crippen molar-refractivity contribution in [1.29, 1.82) is 0 Å². The Morgan fingerprint density at radius 2 is 2.00 bits per heavy atom. The van der Waals surface area contributed by atoms with Crippen LogP contribution in [0, 0.1) is 13.8 Å². The van der Waals surface area contributed by atoms with Crippen molar-refractivity contribution < 1.29 is 13.5 Å². The first-order chi connectivity index (χ1) is 7.75. The van der Waals surface area contributed by atoms with Gasteiger partial charge in [-0.15, -0.1) is 0 Å². The molecule has 0 bridgehead atoms. The average Bonchev–Trinajstić information content (AvgIpc) is 2.21. The number of rotatable bonds is 4. The van der Waals surface area contributed by atoms with E-state index in [0.29, 0.717) is 16.8 Å². The fourth-order valence-electron chi connectivity index (χ4n) is 1.56. The molecule has 0 radical (unpaired) electrons. The van der Waals surface area contributed by atoms with Gasteiger partial charge in [-0.05, 0) is 38.0 Å². The van der Waals surface area contributed by atoms with Crippen molar-refractivity contribution >= 4 is 15.7 Å². The second-order valence-corrected chi connectivity index (χ2v) is 5.83. The number of aryl methyl sites for hydroxylation is 1. The molecule has 1 aromatic rings. The molecule has 0 aromatic heterocycles. The minimum Gasteiger partial charge on any atom is -0.398 e. The number of sulfonamides is 1. The van der Waals surface area contributed by atoms with Crippen LogP contribution in [0.25, 0.3) is 0 Å². The molecule has 4 N–H and O–H groups in total. The fraction of sp³-hybridized carbons (Fsp3) is 0.455. The lowest BCUT2D eigenvalue weighted by atomic mass is 10.1. The molecule has 0 fully saturated rings. The molecular formula is C11H18N2O3S. The number of nitrogens with two attached hydrogens (primary N) is 1. The Morgan fingerprint density at radius 1 is 1.41 bits per heavy atom. The third kappa shape index (κ3) is 3.18. The SMILES string of the molecule is Cc1ccc(N)c(C)c1S(=O)(=O)NCC(C)O. The lowest BCUT2D eigenvalue weighted by Crippen LogP contribution is -2.31. The molecule has 0 aliphatic carbocycles. The smallest absolute Gasteiger partial charge is 0.241 e. The van der Waals surface area contributed by atoms with E-state index < -0.39 is 16.1 Å². The van der Waals surface area contributed by atoms with Crippen molar-refractivity contribution in [1.82, 2.24) is 4.72 Å². The van der Waals surface area contributed by atoms with E-state index in [1.54, 1.807) is 26.0 Å². The van der Waals surface area contributed by atoms with E-state index in [1.807, 2.05) is 0 Å². The Kier molecular flexibility index (Phi) is 4.13. The summed E-state index contributed by atoms with van der Waals surface area (Å²) in [6.07, 6.45) is -0.730. The number of benzene rings is 1. The summed E-state index contributed by atoms with van der Waals surface area (Å²) in [5, 5.41) is 9.10. The first kappa shape index (κ1) is 14.0. The van der Waals surface area contributed by atoms with Gasteiger partial charge in [0.1, 0.15) is 0 Å². The molecule has 96 valence electrons. The van der Waals surface area contributed by atoms with Gasteiger partial charge < -0.3 is 10.8 Å². The third-order valence-corrected chi connectivity index (χ3v) is 4.19. The predicted octanol–water partition coefficient (Wildman–Crippen LogP) is 0.545. The van der Waals surface area contributed by atoms with Crippen LogP contribution in [0.15, 0.2) is 17.0 Å². The van der Waals surface area contributed by atoms with Gasteiger partial charge in [-0.3, -0.25) is 0 Å². The molecular weight excluding hydrogens is 240 g/mol. The summed E-state index contributed by atoms with van der Waals surface area (Å²) in [6.45, 7) is 4.88. The monoisotopic (exact) mass is 258 g/mol. The highest BCUT2D eigenvalue weighted by Crippen LogP contribution is 2.24. The van der Waals surface area contributed by atoms with Crippen LogP contribution in [0.2, 0.25) is 0 Å². The van der Waals surface area contributed by atoms with E-state index in [9.17, 15) is 8.42 Å². The standard InChI is InChI=1S/C11H18N2O3S/c1-7-4-5-10(12)9(3)11(7)17(15,16)13-6-8(2)14/h4-5,8,13-14H,6,12H2,1-3H3. The van der Waals surface area contributed by atoms with E-state index in [2.05, 4.69) is 4.72 Å². The number of nitrogens with one attached hydrogen (secondary N) is 1. The molecule has 1 aromatic carbocycles. The Labute approximate surface area is 102 Å². The van der Waals surface area contributed by atoms with E-state index in [4.69, 9.17) is 10.8 Å². The summed E-state index contributed by atoms with van der Waals surface area (Å²) in [4.78, 5) is 0.193. The number of hydrogen-bond donors (Lipinski definition) is 3. The lowest BCUT2D eigenvalue weighted by Gasteiger charge is -2.14. The van der Waals surface area contributed by atoms with Gasteiger partial charge in [-0.25, -0.2) is 13.1 Å². The van der Waals surface area contributed by atoms with Crippen LogP contribution < -0.4 is 10.5 Å². The highest BCUT2D eigenvalue weighted by atomic mass is 32.2. The zero-order valence-corrected chi connectivity index (χ0v) is 11.0. The minimum absolute atomic E-state index is 0.0178. The van der Waals surface area contributed by atoms with Crippen molar-refractivity contribution in [3.63, 3.8) is 0 Å². The van der Waals surface area contributed by atoms with Crippen LogP contribution in [-0.2, 0) is 10.0 Å². The summed E-state index contributed by atoms with van der Waals surface area (Å²) in [5.74, 6) is 0. The van der Waals surface area contributed by atoms with Crippen molar-refractivity contribution in [2.75, 3.05) is 12.3 Å². The Morgan fingerprint density at radius 3 is 2.53 bits per heavy atom. The van der Waals surface area contributed by atoms with Crippen LogP contribution in [-0.4, -0.2) is 26.2 Å². The molecule has 17 heavy (non-hydrogen) atoms. The third-order valence-electron chi connectivity index (χ3n) is 2.48. The molecule has 5 nitrogen and oxygen atoms in total. The van der Waals surface area contributed by atoms with Crippen molar-refractivity contribution in [2.45, 2.75) is 31.8 Å². The Bertz CT molecular complexity index is 510. The second kappa shape index (κ2) is 5.03. The summed E-state index contributed by atoms with van der Waals surface area (Å²) >= 11 is 0. The molecule has 0 aliphatic heterocycles. The highest BCUT2D eigenvalue weighted by Gasteiger charge is 2.20. The predicted molar refractivity (Wildman–Crippen MR) is 67.2 cm³/mol. The normalized spacial score (nSPS) is 13.6. The van der Waals surface area contributed by atoms with E-state index in [1.165, 1.54) is 6.92 Å². The van der Waals surface area contributed by atoms with Crippen LogP contribution >= 0.6 is 0 Å². The molecule has 0 saturated carbocycles. The van der Waals surface area contributed by atoms with E-state index >= 15 is 0 Å². The van der Waals surface area contributed by atoms with Gasteiger partial charge in [0.25, 0.3) is 0 Å². The highest BCUT2D eigenvalue weighted by molar-refractivity contribution is 7.89. The summed E-state index contributed by atoms with van der Waals surface area (Å²) in [7, 11) is -3.63. The first-order valence-corrected chi connectivity index (χ1v) is 6.77. The number of aliphatic hydroxyl groups is 1. The molecule has 1 unspecified atom stereocenters. The number of anilines is 1. The molecule has 0 spiro atoms. The summed E-state index contributed by atoms with van der Waals surface area (Å²) in [5.41, 5.74) is 7.30. The van der Waals surface area contributed by atoms with Crippen molar-refractivity contribution in [3.05, 3.63) is 23.3 Å². The van der Waals surface area contributed by atoms with Crippen LogP contribution in [0.5, 0.6) is 0 Å². The maximum Gasteiger partial charge on any atom is 0.241 e. The second-order valence-electron chi connectivity index (χ2n) is 4.13. The first-order valence-electron chi connectivity index (χ1n) is 5.29. The molecule has 0 heterocycles. The van der Waals surface area contributed by atoms with Gasteiger partial charge in [-0.1, -0.05) is 6.07 Å². The quantitative estimate of drug-likeness (QED) is 0.687. The molecule has 1 atom stereocenters. The topological polar surface area (TPSA) is 92.4 Å². The summed E-state index contributed by atoms with van der Waals surface area (Å²) < 4.78 is 26.5. The van der Waals surface area contributed by atoms with Crippen LogP contribution in [0.4, 0.5) is 5.69 Å². The maximum atomic E-state index is 12.1. The number of nitrogen functional groups attached to an aromatic ring is 1. The van der Waals surface area contributed by atoms with Crippen molar-refractivity contribution in [3.8, 4) is 0 Å². The average molecular weight is 258 g/mol. The van der Waals surface area contributed by atoms with Crippen LogP contribution in [0.1, 0.15) is 18.1 Å². The largest absolute Gasteiger partial charge is 0.398 e. The van der Waals surface area contributed by atoms with E-state index in [-0.39, 0.29) is 11.4 Å². The molecule has 0 amide bonds. The fourth-order valence-corrected chi connectivity index (χ4v) is 3.18. The van der Waals surface area contributed by atoms with Gasteiger partial charge in [0, 0.05) is 12.2 Å². The molecule has 6 heteroatoms. The lowest BCUT2D eigenvalue weighted by molar-refractivity contribution is 0.198. The van der Waals surface area contributed by atoms with Crippen molar-refractivity contribution in [2.24, 2.45) is 0 Å². The van der Waals surface area contributed by atoms with Crippen LogP contribution in [0.3, 0.4) is 0 Å². The Hall–Kier alpha value is -1.11. The van der Waals surface area contributed by atoms with E-state index in [0.717, 1.165) is 0 Å². The van der Waals surface area contributed by atoms with Gasteiger partial charge in [0.2, 0.25) is 10.0 Å². The zero-order chi connectivity index (χ0) is 13.2.